The van der Waals surface area contributed by atoms with Crippen molar-refractivity contribution in [1.82, 2.24) is 0 Å². The van der Waals surface area contributed by atoms with Crippen LogP contribution in [-0.4, -0.2) is 11.1 Å². The van der Waals surface area contributed by atoms with E-state index in [2.05, 4.69) is 102 Å². The number of aliphatic carboxylic acids is 1. The summed E-state index contributed by atoms with van der Waals surface area (Å²) in [6.07, 6.45) is 37.7. The van der Waals surface area contributed by atoms with E-state index in [-0.39, 0.29) is 5.41 Å². The maximum Gasteiger partial charge on any atom is 0.328 e. The molecule has 0 saturated carbocycles. The number of hydrogen-bond donors (Lipinski definition) is 1. The van der Waals surface area contributed by atoms with Gasteiger partial charge in [-0.2, -0.15) is 0 Å². The second-order valence-electron chi connectivity index (χ2n) is 11.0. The van der Waals surface area contributed by atoms with Gasteiger partial charge in [-0.15, -0.1) is 0 Å². The van der Waals surface area contributed by atoms with Crippen LogP contribution in [0.4, 0.5) is 0 Å². The van der Waals surface area contributed by atoms with Gasteiger partial charge >= 0.3 is 5.97 Å². The summed E-state index contributed by atoms with van der Waals surface area (Å²) in [4.78, 5) is 10.5. The van der Waals surface area contributed by atoms with Crippen LogP contribution in [0.25, 0.3) is 0 Å². The Bertz CT molecular complexity index is 1210. The van der Waals surface area contributed by atoms with Crippen LogP contribution in [0.5, 0.6) is 0 Å². The lowest BCUT2D eigenvalue weighted by Crippen LogP contribution is -2.19. The van der Waals surface area contributed by atoms with Crippen molar-refractivity contribution in [3.05, 3.63) is 142 Å². The Morgan fingerprint density at radius 2 is 1.05 bits per heavy atom. The molecule has 0 aromatic heterocycles. The van der Waals surface area contributed by atoms with Crippen molar-refractivity contribution in [1.29, 1.82) is 0 Å². The van der Waals surface area contributed by atoms with Gasteiger partial charge in [0.25, 0.3) is 0 Å². The quantitative estimate of drug-likeness (QED) is 0.204. The van der Waals surface area contributed by atoms with Crippen molar-refractivity contribution in [2.75, 3.05) is 0 Å². The van der Waals surface area contributed by atoms with Crippen LogP contribution in [0.1, 0.15) is 74.7 Å². The van der Waals surface area contributed by atoms with E-state index in [1.807, 2.05) is 44.2 Å². The summed E-state index contributed by atoms with van der Waals surface area (Å²) in [5, 5.41) is 8.65. The first-order valence-corrected chi connectivity index (χ1v) is 13.8. The summed E-state index contributed by atoms with van der Waals surface area (Å²) >= 11 is 0. The second-order valence-corrected chi connectivity index (χ2v) is 11.0. The fourth-order valence-corrected chi connectivity index (χ4v) is 4.18. The smallest absolute Gasteiger partial charge is 0.328 e. The topological polar surface area (TPSA) is 37.3 Å². The molecule has 0 bridgehead atoms. The van der Waals surface area contributed by atoms with E-state index in [9.17, 15) is 4.79 Å². The van der Waals surface area contributed by atoms with Gasteiger partial charge in [-0.1, -0.05) is 145 Å². The molecule has 208 valence electrons. The van der Waals surface area contributed by atoms with E-state index < -0.39 is 5.97 Å². The van der Waals surface area contributed by atoms with Gasteiger partial charge < -0.3 is 5.11 Å². The highest BCUT2D eigenvalue weighted by Crippen LogP contribution is 2.40. The Morgan fingerprint density at radius 1 is 0.641 bits per heavy atom. The van der Waals surface area contributed by atoms with Gasteiger partial charge in [-0.3, -0.25) is 0 Å². The Balaban J connectivity index is 2.61. The number of rotatable bonds is 12. The average Bonchev–Trinajstić information content (AvgIpc) is 2.84. The van der Waals surface area contributed by atoms with Gasteiger partial charge in [0.15, 0.2) is 0 Å². The molecule has 1 rings (SSSR count). The van der Waals surface area contributed by atoms with Crippen LogP contribution < -0.4 is 0 Å². The molecular formula is C37H48O2. The molecule has 0 radical (unpaired) electrons. The third-order valence-electron chi connectivity index (χ3n) is 6.53. The monoisotopic (exact) mass is 524 g/mol. The van der Waals surface area contributed by atoms with E-state index >= 15 is 0 Å². The molecule has 1 aliphatic carbocycles. The molecule has 39 heavy (non-hydrogen) atoms. The molecule has 1 N–H and O–H groups in total. The van der Waals surface area contributed by atoms with Gasteiger partial charge in [0.05, 0.1) is 0 Å². The van der Waals surface area contributed by atoms with Crippen LogP contribution in [0.3, 0.4) is 0 Å². The minimum Gasteiger partial charge on any atom is -0.478 e. The lowest BCUT2D eigenvalue weighted by atomic mass is 9.72. The molecule has 0 aromatic carbocycles. The standard InChI is InChI=1S/C37H48O2/c1-29(17-11-19-31(3)20-13-22-33(5)25-27-36(38)39)15-9-10-16-30(2)18-12-21-32(4)24-26-35-34(6)23-14-28-37(35,7)8/h9-13,15-22,24-27H,14,23,28H2,1-8H3,(H,38,39)/b10-9+,17-11+,18-12+,20-13+,26-24+,27-25+,29-15+,30-16+,31-19+,32-21+,33-22+. The molecule has 2 heteroatoms. The fraction of sp³-hybridized carbons (Fsp3) is 0.324. The highest BCUT2D eigenvalue weighted by Gasteiger charge is 2.26. The zero-order chi connectivity index (χ0) is 29.3. The first-order chi connectivity index (χ1) is 18.4. The van der Waals surface area contributed by atoms with Crippen LogP contribution in [-0.2, 0) is 4.79 Å². The van der Waals surface area contributed by atoms with E-state index in [0.717, 1.165) is 22.8 Å². The predicted octanol–water partition coefficient (Wildman–Crippen LogP) is 10.7. The zero-order valence-corrected chi connectivity index (χ0v) is 25.3. The van der Waals surface area contributed by atoms with Gasteiger partial charge in [-0.25, -0.2) is 4.79 Å². The Morgan fingerprint density at radius 3 is 1.49 bits per heavy atom. The minimum absolute atomic E-state index is 0.276. The first kappa shape index (κ1) is 33.4. The molecule has 2 nitrogen and oxygen atoms in total. The van der Waals surface area contributed by atoms with Crippen molar-refractivity contribution >= 4 is 5.97 Å². The van der Waals surface area contributed by atoms with Crippen molar-refractivity contribution < 1.29 is 9.90 Å². The molecule has 0 spiro atoms. The number of carboxylic acid groups (broad SMARTS) is 1. The maximum absolute atomic E-state index is 10.5. The van der Waals surface area contributed by atoms with Crippen molar-refractivity contribution in [3.8, 4) is 0 Å². The summed E-state index contributed by atoms with van der Waals surface area (Å²) in [5.41, 5.74) is 8.90. The SMILES string of the molecule is CC1=C(/C=C/C(C)=C/C=C/C(C)=C/C=C/C=C(C)/C=C/C=C(C)/C=C/C=C(C)/C=C/C(=O)O)C(C)(C)CCC1. The number of carboxylic acids is 1. The third-order valence-corrected chi connectivity index (χ3v) is 6.53. The largest absolute Gasteiger partial charge is 0.478 e. The Labute approximate surface area is 238 Å². The number of hydrogen-bond acceptors (Lipinski definition) is 1. The van der Waals surface area contributed by atoms with Crippen LogP contribution in [0, 0.1) is 5.41 Å². The number of carbonyl (C=O) groups is 1. The second kappa shape index (κ2) is 17.8. The van der Waals surface area contributed by atoms with Crippen molar-refractivity contribution in [3.63, 3.8) is 0 Å². The zero-order valence-electron chi connectivity index (χ0n) is 25.3. The molecule has 0 heterocycles. The highest BCUT2D eigenvalue weighted by molar-refractivity contribution is 5.80. The molecular weight excluding hydrogens is 476 g/mol. The molecule has 1 aliphatic rings. The van der Waals surface area contributed by atoms with Gasteiger partial charge in [-0.05, 0) is 71.8 Å². The Kier molecular flexibility index (Phi) is 15.2. The van der Waals surface area contributed by atoms with Crippen LogP contribution in [0.15, 0.2) is 142 Å². The molecule has 0 aromatic rings. The first-order valence-electron chi connectivity index (χ1n) is 13.8. The lowest BCUT2D eigenvalue weighted by molar-refractivity contribution is -0.131. The lowest BCUT2D eigenvalue weighted by Gasteiger charge is -2.32. The minimum atomic E-state index is -0.942. The molecule has 0 amide bonds. The number of allylic oxidation sites excluding steroid dienone is 23. The van der Waals surface area contributed by atoms with Crippen LogP contribution in [0.2, 0.25) is 0 Å². The van der Waals surface area contributed by atoms with E-state index in [1.54, 1.807) is 6.08 Å². The molecule has 0 atom stereocenters. The van der Waals surface area contributed by atoms with Crippen LogP contribution >= 0.6 is 0 Å². The molecule has 0 unspecified atom stereocenters. The summed E-state index contributed by atoms with van der Waals surface area (Å²) in [6, 6.07) is 0. The summed E-state index contributed by atoms with van der Waals surface area (Å²) in [7, 11) is 0. The van der Waals surface area contributed by atoms with E-state index in [0.29, 0.717) is 0 Å². The molecule has 0 fully saturated rings. The fourth-order valence-electron chi connectivity index (χ4n) is 4.18. The normalized spacial score (nSPS) is 18.9. The van der Waals surface area contributed by atoms with E-state index in [4.69, 9.17) is 5.11 Å². The van der Waals surface area contributed by atoms with Crippen molar-refractivity contribution in [2.45, 2.75) is 74.7 Å². The highest BCUT2D eigenvalue weighted by atomic mass is 16.4. The van der Waals surface area contributed by atoms with E-state index in [1.165, 1.54) is 41.6 Å². The average molecular weight is 525 g/mol. The van der Waals surface area contributed by atoms with Gasteiger partial charge in [0.2, 0.25) is 0 Å². The van der Waals surface area contributed by atoms with Gasteiger partial charge in [0.1, 0.15) is 0 Å². The van der Waals surface area contributed by atoms with Gasteiger partial charge in [0, 0.05) is 6.08 Å². The summed E-state index contributed by atoms with van der Waals surface area (Å²) < 4.78 is 0. The molecule has 0 saturated heterocycles. The van der Waals surface area contributed by atoms with Crippen molar-refractivity contribution in [2.24, 2.45) is 5.41 Å². The summed E-state index contributed by atoms with van der Waals surface area (Å²) in [5.74, 6) is -0.942. The Hall–Kier alpha value is -3.65. The predicted molar refractivity (Wildman–Crippen MR) is 172 cm³/mol. The summed E-state index contributed by atoms with van der Waals surface area (Å²) in [6.45, 7) is 17.2. The maximum atomic E-state index is 10.5. The molecule has 0 aliphatic heterocycles. The third kappa shape index (κ3) is 15.4.